The molecule has 5 heteroatoms. The lowest BCUT2D eigenvalue weighted by Crippen LogP contribution is -2.36. The second-order valence-corrected chi connectivity index (χ2v) is 6.45. The number of amides is 1. The average molecular weight is 355 g/mol. The Labute approximate surface area is 134 Å². The number of ether oxygens (including phenoxy) is 1. The summed E-state index contributed by atoms with van der Waals surface area (Å²) in [5, 5.41) is 6.23. The van der Waals surface area contributed by atoms with Crippen LogP contribution < -0.4 is 15.4 Å². The van der Waals surface area contributed by atoms with Crippen LogP contribution in [-0.2, 0) is 4.79 Å². The van der Waals surface area contributed by atoms with Gasteiger partial charge in [-0.25, -0.2) is 0 Å². The molecule has 1 amide bonds. The Morgan fingerprint density at radius 3 is 2.81 bits per heavy atom. The smallest absolute Gasteiger partial charge is 0.258 e. The maximum absolute atomic E-state index is 11.9. The van der Waals surface area contributed by atoms with Gasteiger partial charge in [-0.1, -0.05) is 28.8 Å². The van der Waals surface area contributed by atoms with E-state index in [0.717, 1.165) is 28.6 Å². The molecular weight excluding hydrogens is 332 g/mol. The summed E-state index contributed by atoms with van der Waals surface area (Å²) in [5.74, 6) is 0.717. The number of benzene rings is 1. The number of halogens is 1. The molecule has 0 aliphatic heterocycles. The number of hydrogen-bond donors (Lipinski definition) is 2. The number of carbonyl (C=O) groups excluding carboxylic acids is 1. The highest BCUT2D eigenvalue weighted by Gasteiger charge is 2.18. The molecule has 0 bridgehead atoms. The zero-order chi connectivity index (χ0) is 15.2. The first-order valence-corrected chi connectivity index (χ1v) is 8.28. The Balaban J connectivity index is 1.94. The van der Waals surface area contributed by atoms with Crippen molar-refractivity contribution in [3.8, 4) is 5.75 Å². The van der Waals surface area contributed by atoms with E-state index < -0.39 is 0 Å². The predicted octanol–water partition coefficient (Wildman–Crippen LogP) is 3.17. The SMILES string of the molecule is CNC(C)c1cc(Br)ccc1OCC(=O)NC1CCCC1. The molecular formula is C16H23BrN2O2. The van der Waals surface area contributed by atoms with Gasteiger partial charge < -0.3 is 15.4 Å². The van der Waals surface area contributed by atoms with E-state index in [-0.39, 0.29) is 18.6 Å². The second-order valence-electron chi connectivity index (χ2n) is 5.53. The van der Waals surface area contributed by atoms with Gasteiger partial charge >= 0.3 is 0 Å². The maximum atomic E-state index is 11.9. The minimum absolute atomic E-state index is 0.0344. The predicted molar refractivity (Wildman–Crippen MR) is 87.5 cm³/mol. The van der Waals surface area contributed by atoms with E-state index in [1.807, 2.05) is 25.2 Å². The van der Waals surface area contributed by atoms with Crippen molar-refractivity contribution < 1.29 is 9.53 Å². The molecule has 0 heterocycles. The van der Waals surface area contributed by atoms with Gasteiger partial charge in [0, 0.05) is 22.1 Å². The van der Waals surface area contributed by atoms with Gasteiger partial charge in [-0.15, -0.1) is 0 Å². The number of rotatable bonds is 6. The molecule has 116 valence electrons. The maximum Gasteiger partial charge on any atom is 0.258 e. The molecule has 2 rings (SSSR count). The van der Waals surface area contributed by atoms with Crippen molar-refractivity contribution in [1.82, 2.24) is 10.6 Å². The molecule has 2 N–H and O–H groups in total. The number of hydrogen-bond acceptors (Lipinski definition) is 3. The van der Waals surface area contributed by atoms with Crippen molar-refractivity contribution >= 4 is 21.8 Å². The highest BCUT2D eigenvalue weighted by atomic mass is 79.9. The van der Waals surface area contributed by atoms with Crippen molar-refractivity contribution in [3.63, 3.8) is 0 Å². The fraction of sp³-hybridized carbons (Fsp3) is 0.562. The summed E-state index contributed by atoms with van der Waals surface area (Å²) in [6.45, 7) is 2.13. The molecule has 0 saturated heterocycles. The van der Waals surface area contributed by atoms with E-state index in [4.69, 9.17) is 4.74 Å². The lowest BCUT2D eigenvalue weighted by atomic mass is 10.1. The third-order valence-corrected chi connectivity index (χ3v) is 4.44. The van der Waals surface area contributed by atoms with Crippen LogP contribution >= 0.6 is 15.9 Å². The van der Waals surface area contributed by atoms with Crippen LogP contribution in [0.25, 0.3) is 0 Å². The normalized spacial score (nSPS) is 16.7. The van der Waals surface area contributed by atoms with Crippen molar-refractivity contribution in [2.24, 2.45) is 0 Å². The molecule has 1 aliphatic carbocycles. The fourth-order valence-electron chi connectivity index (χ4n) is 2.63. The second kappa shape index (κ2) is 7.80. The summed E-state index contributed by atoms with van der Waals surface area (Å²) in [7, 11) is 1.90. The van der Waals surface area contributed by atoms with Crippen LogP contribution in [0.3, 0.4) is 0 Å². The zero-order valence-electron chi connectivity index (χ0n) is 12.6. The Morgan fingerprint density at radius 1 is 1.43 bits per heavy atom. The standard InChI is InChI=1S/C16H23BrN2O2/c1-11(18-2)14-9-12(17)7-8-15(14)21-10-16(20)19-13-5-3-4-6-13/h7-9,11,13,18H,3-6,10H2,1-2H3,(H,19,20). The zero-order valence-corrected chi connectivity index (χ0v) is 14.2. The van der Waals surface area contributed by atoms with E-state index in [1.54, 1.807) is 0 Å². The molecule has 1 aliphatic rings. The molecule has 1 atom stereocenters. The number of nitrogens with one attached hydrogen (secondary N) is 2. The monoisotopic (exact) mass is 354 g/mol. The lowest BCUT2D eigenvalue weighted by Gasteiger charge is -2.17. The first-order chi connectivity index (χ1) is 10.1. The van der Waals surface area contributed by atoms with Gasteiger partial charge in [0.2, 0.25) is 0 Å². The van der Waals surface area contributed by atoms with Crippen LogP contribution in [0.5, 0.6) is 5.75 Å². The largest absolute Gasteiger partial charge is 0.483 e. The van der Waals surface area contributed by atoms with Gasteiger partial charge in [0.1, 0.15) is 5.75 Å². The first kappa shape index (κ1) is 16.3. The Hall–Kier alpha value is -1.07. The van der Waals surface area contributed by atoms with Crippen LogP contribution in [0.4, 0.5) is 0 Å². The van der Waals surface area contributed by atoms with Crippen LogP contribution in [0.1, 0.15) is 44.2 Å². The van der Waals surface area contributed by atoms with Gasteiger partial charge in [-0.2, -0.15) is 0 Å². The summed E-state index contributed by atoms with van der Waals surface area (Å²) in [4.78, 5) is 11.9. The van der Waals surface area contributed by atoms with E-state index in [1.165, 1.54) is 12.8 Å². The summed E-state index contributed by atoms with van der Waals surface area (Å²) in [6, 6.07) is 6.34. The molecule has 1 saturated carbocycles. The first-order valence-electron chi connectivity index (χ1n) is 7.49. The van der Waals surface area contributed by atoms with Gasteiger partial charge in [-0.05, 0) is 45.0 Å². The van der Waals surface area contributed by atoms with E-state index in [9.17, 15) is 4.79 Å². The molecule has 4 nitrogen and oxygen atoms in total. The third kappa shape index (κ3) is 4.71. The molecule has 0 aromatic heterocycles. The summed E-state index contributed by atoms with van der Waals surface area (Å²) in [5.41, 5.74) is 1.04. The van der Waals surface area contributed by atoms with Crippen LogP contribution in [-0.4, -0.2) is 25.6 Å². The lowest BCUT2D eigenvalue weighted by molar-refractivity contribution is -0.123. The summed E-state index contributed by atoms with van der Waals surface area (Å²) >= 11 is 3.47. The van der Waals surface area contributed by atoms with Crippen LogP contribution in [0.2, 0.25) is 0 Å². The molecule has 1 aromatic rings. The molecule has 21 heavy (non-hydrogen) atoms. The minimum Gasteiger partial charge on any atom is -0.483 e. The van der Waals surface area contributed by atoms with Gasteiger partial charge in [0.05, 0.1) is 0 Å². The average Bonchev–Trinajstić information content (AvgIpc) is 2.98. The van der Waals surface area contributed by atoms with Gasteiger partial charge in [0.15, 0.2) is 6.61 Å². The Morgan fingerprint density at radius 2 is 2.14 bits per heavy atom. The van der Waals surface area contributed by atoms with Crippen LogP contribution in [0, 0.1) is 0 Å². The summed E-state index contributed by atoms with van der Waals surface area (Å²) in [6.07, 6.45) is 4.60. The quantitative estimate of drug-likeness (QED) is 0.824. The Bertz CT molecular complexity index is 487. The van der Waals surface area contributed by atoms with Crippen molar-refractivity contribution in [3.05, 3.63) is 28.2 Å². The highest BCUT2D eigenvalue weighted by Crippen LogP contribution is 2.28. The molecule has 0 spiro atoms. The summed E-state index contributed by atoms with van der Waals surface area (Å²) < 4.78 is 6.72. The highest BCUT2D eigenvalue weighted by molar-refractivity contribution is 9.10. The van der Waals surface area contributed by atoms with Gasteiger partial charge in [0.25, 0.3) is 5.91 Å². The van der Waals surface area contributed by atoms with E-state index in [2.05, 4.69) is 33.5 Å². The third-order valence-electron chi connectivity index (χ3n) is 3.95. The Kier molecular flexibility index (Phi) is 6.06. The molecule has 1 unspecified atom stereocenters. The topological polar surface area (TPSA) is 50.4 Å². The van der Waals surface area contributed by atoms with Crippen LogP contribution in [0.15, 0.2) is 22.7 Å². The minimum atomic E-state index is -0.0344. The van der Waals surface area contributed by atoms with E-state index in [0.29, 0.717) is 6.04 Å². The number of carbonyl (C=O) groups is 1. The molecule has 1 fully saturated rings. The van der Waals surface area contributed by atoms with Crippen molar-refractivity contribution in [1.29, 1.82) is 0 Å². The van der Waals surface area contributed by atoms with Crippen molar-refractivity contribution in [2.75, 3.05) is 13.7 Å². The van der Waals surface area contributed by atoms with Gasteiger partial charge in [-0.3, -0.25) is 4.79 Å². The van der Waals surface area contributed by atoms with E-state index >= 15 is 0 Å². The van der Waals surface area contributed by atoms with Crippen molar-refractivity contribution in [2.45, 2.75) is 44.7 Å². The molecule has 0 radical (unpaired) electrons. The molecule has 1 aromatic carbocycles. The fourth-order valence-corrected chi connectivity index (χ4v) is 3.01.